The number of carbonyl (C=O) groups is 1. The van der Waals surface area contributed by atoms with Crippen molar-refractivity contribution in [1.82, 2.24) is 14.5 Å². The van der Waals surface area contributed by atoms with Gasteiger partial charge < -0.3 is 19.3 Å². The van der Waals surface area contributed by atoms with E-state index in [1.54, 1.807) is 22.8 Å². The molecule has 164 valence electrons. The first-order chi connectivity index (χ1) is 15.7. The molecule has 8 nitrogen and oxygen atoms in total. The SMILES string of the molecule is C=CCn1c(N2CCN(C(=O)c3ccccc3)CC2)nc2cc3c(cc2c1=O)OCCO3. The standard InChI is InChI=1S/C24H24N4O4/c1-2-8-28-23(30)18-15-20-21(32-14-13-31-20)16-19(18)25-24(28)27-11-9-26(10-12-27)22(29)17-6-4-3-5-7-17/h2-7,15-16H,1,8-14H2. The van der Waals surface area contributed by atoms with Crippen LogP contribution < -0.4 is 19.9 Å². The number of amides is 1. The minimum Gasteiger partial charge on any atom is -0.486 e. The van der Waals surface area contributed by atoms with E-state index in [1.807, 2.05) is 35.2 Å². The van der Waals surface area contributed by atoms with E-state index < -0.39 is 0 Å². The molecule has 0 N–H and O–H groups in total. The van der Waals surface area contributed by atoms with Crippen LogP contribution in [0.3, 0.4) is 0 Å². The summed E-state index contributed by atoms with van der Waals surface area (Å²) >= 11 is 0. The van der Waals surface area contributed by atoms with Gasteiger partial charge in [0, 0.05) is 44.4 Å². The van der Waals surface area contributed by atoms with E-state index in [1.165, 1.54) is 0 Å². The number of ether oxygens (including phenoxy) is 2. The van der Waals surface area contributed by atoms with Gasteiger partial charge in [-0.1, -0.05) is 24.3 Å². The first-order valence-corrected chi connectivity index (χ1v) is 10.7. The Morgan fingerprint density at radius 3 is 2.41 bits per heavy atom. The Labute approximate surface area is 185 Å². The zero-order valence-electron chi connectivity index (χ0n) is 17.7. The van der Waals surface area contributed by atoms with Crippen molar-refractivity contribution in [2.75, 3.05) is 44.3 Å². The number of nitrogens with zero attached hydrogens (tertiary/aromatic N) is 4. The zero-order chi connectivity index (χ0) is 22.1. The largest absolute Gasteiger partial charge is 0.486 e. The third-order valence-corrected chi connectivity index (χ3v) is 5.78. The van der Waals surface area contributed by atoms with Crippen LogP contribution in [0.25, 0.3) is 10.9 Å². The zero-order valence-corrected chi connectivity index (χ0v) is 17.7. The molecule has 0 unspecified atom stereocenters. The van der Waals surface area contributed by atoms with E-state index in [0.717, 1.165) is 0 Å². The van der Waals surface area contributed by atoms with Gasteiger partial charge in [0.2, 0.25) is 5.95 Å². The van der Waals surface area contributed by atoms with E-state index in [4.69, 9.17) is 14.5 Å². The van der Waals surface area contributed by atoms with E-state index in [9.17, 15) is 9.59 Å². The molecule has 2 aromatic carbocycles. The summed E-state index contributed by atoms with van der Waals surface area (Å²) < 4.78 is 12.9. The Balaban J connectivity index is 1.46. The maximum atomic E-state index is 13.3. The summed E-state index contributed by atoms with van der Waals surface area (Å²) in [6.45, 7) is 7.33. The van der Waals surface area contributed by atoms with Crippen molar-refractivity contribution in [3.8, 4) is 11.5 Å². The summed E-state index contributed by atoms with van der Waals surface area (Å²) in [7, 11) is 0. The summed E-state index contributed by atoms with van der Waals surface area (Å²) in [5.74, 6) is 1.75. The summed E-state index contributed by atoms with van der Waals surface area (Å²) in [4.78, 5) is 34.8. The topological polar surface area (TPSA) is 76.9 Å². The minimum absolute atomic E-state index is 0.0176. The Kier molecular flexibility index (Phi) is 5.26. The Morgan fingerprint density at radius 2 is 1.72 bits per heavy atom. The van der Waals surface area contributed by atoms with Crippen LogP contribution in [0.5, 0.6) is 11.5 Å². The van der Waals surface area contributed by atoms with Crippen LogP contribution in [0.2, 0.25) is 0 Å². The van der Waals surface area contributed by atoms with Gasteiger partial charge in [0.25, 0.3) is 11.5 Å². The number of benzene rings is 2. The molecule has 1 aromatic heterocycles. The van der Waals surface area contributed by atoms with Gasteiger partial charge in [-0.2, -0.15) is 0 Å². The van der Waals surface area contributed by atoms with E-state index in [0.29, 0.717) is 79.9 Å². The molecule has 0 atom stereocenters. The lowest BCUT2D eigenvalue weighted by Crippen LogP contribution is -2.50. The lowest BCUT2D eigenvalue weighted by atomic mass is 10.2. The van der Waals surface area contributed by atoms with Crippen molar-refractivity contribution < 1.29 is 14.3 Å². The van der Waals surface area contributed by atoms with Crippen LogP contribution in [-0.4, -0.2) is 59.8 Å². The molecule has 5 rings (SSSR count). The molecule has 1 amide bonds. The maximum absolute atomic E-state index is 13.3. The number of piperazine rings is 1. The molecule has 1 fully saturated rings. The Bertz CT molecular complexity index is 1230. The van der Waals surface area contributed by atoms with Gasteiger partial charge in [0.1, 0.15) is 13.2 Å². The number of hydrogen-bond acceptors (Lipinski definition) is 6. The third kappa shape index (κ3) is 3.57. The van der Waals surface area contributed by atoms with Crippen LogP contribution in [0.15, 0.2) is 59.9 Å². The van der Waals surface area contributed by atoms with E-state index >= 15 is 0 Å². The normalized spacial score (nSPS) is 15.6. The monoisotopic (exact) mass is 432 g/mol. The van der Waals surface area contributed by atoms with Crippen LogP contribution in [0.1, 0.15) is 10.4 Å². The van der Waals surface area contributed by atoms with Gasteiger partial charge in [0.15, 0.2) is 11.5 Å². The van der Waals surface area contributed by atoms with Gasteiger partial charge in [-0.15, -0.1) is 6.58 Å². The van der Waals surface area contributed by atoms with Gasteiger partial charge in [-0.25, -0.2) is 4.98 Å². The van der Waals surface area contributed by atoms with E-state index in [2.05, 4.69) is 11.5 Å². The highest BCUT2D eigenvalue weighted by atomic mass is 16.6. The van der Waals surface area contributed by atoms with Gasteiger partial charge in [-0.3, -0.25) is 14.2 Å². The fraction of sp³-hybridized carbons (Fsp3) is 0.292. The molecule has 0 bridgehead atoms. The number of rotatable bonds is 4. The molecule has 0 spiro atoms. The van der Waals surface area contributed by atoms with Crippen molar-refractivity contribution in [3.05, 3.63) is 71.0 Å². The second kappa shape index (κ2) is 8.37. The lowest BCUT2D eigenvalue weighted by Gasteiger charge is -2.36. The molecular formula is C24H24N4O4. The second-order valence-corrected chi connectivity index (χ2v) is 7.77. The maximum Gasteiger partial charge on any atom is 0.263 e. The molecule has 0 radical (unpaired) electrons. The first kappa shape index (κ1) is 20.1. The van der Waals surface area contributed by atoms with Crippen molar-refractivity contribution >= 4 is 22.8 Å². The van der Waals surface area contributed by atoms with Crippen molar-refractivity contribution in [2.24, 2.45) is 0 Å². The van der Waals surface area contributed by atoms with Gasteiger partial charge in [0.05, 0.1) is 10.9 Å². The molecule has 2 aliphatic heterocycles. The number of hydrogen-bond donors (Lipinski definition) is 0. The second-order valence-electron chi connectivity index (χ2n) is 7.77. The molecule has 1 saturated heterocycles. The molecule has 3 aromatic rings. The van der Waals surface area contributed by atoms with Crippen LogP contribution in [0.4, 0.5) is 5.95 Å². The predicted octanol–water partition coefficient (Wildman–Crippen LogP) is 2.32. The predicted molar refractivity (Wildman–Crippen MR) is 122 cm³/mol. The quantitative estimate of drug-likeness (QED) is 0.589. The molecule has 0 aliphatic carbocycles. The van der Waals surface area contributed by atoms with Crippen molar-refractivity contribution in [1.29, 1.82) is 0 Å². The van der Waals surface area contributed by atoms with Crippen molar-refractivity contribution in [2.45, 2.75) is 6.54 Å². The average Bonchev–Trinajstić information content (AvgIpc) is 2.85. The summed E-state index contributed by atoms with van der Waals surface area (Å²) in [5, 5.41) is 0.484. The molecule has 3 heterocycles. The number of anilines is 1. The molecule has 2 aliphatic rings. The average molecular weight is 432 g/mol. The highest BCUT2D eigenvalue weighted by Gasteiger charge is 2.26. The van der Waals surface area contributed by atoms with E-state index in [-0.39, 0.29) is 11.5 Å². The Morgan fingerprint density at radius 1 is 1.03 bits per heavy atom. The fourth-order valence-electron chi connectivity index (χ4n) is 4.15. The molecular weight excluding hydrogens is 408 g/mol. The van der Waals surface area contributed by atoms with Crippen molar-refractivity contribution in [3.63, 3.8) is 0 Å². The van der Waals surface area contributed by atoms with Crippen LogP contribution in [-0.2, 0) is 6.54 Å². The third-order valence-electron chi connectivity index (χ3n) is 5.78. The molecule has 8 heteroatoms. The smallest absolute Gasteiger partial charge is 0.263 e. The minimum atomic E-state index is -0.148. The number of fused-ring (bicyclic) bond motifs is 2. The van der Waals surface area contributed by atoms with Gasteiger partial charge in [-0.05, 0) is 18.2 Å². The summed E-state index contributed by atoms with van der Waals surface area (Å²) in [5.41, 5.74) is 1.10. The van der Waals surface area contributed by atoms with Crippen LogP contribution >= 0.6 is 0 Å². The Hall–Kier alpha value is -3.81. The number of carbonyl (C=O) groups excluding carboxylic acids is 1. The fourth-order valence-corrected chi connectivity index (χ4v) is 4.15. The summed E-state index contributed by atoms with van der Waals surface area (Å²) in [6.07, 6.45) is 1.69. The summed E-state index contributed by atoms with van der Waals surface area (Å²) in [6, 6.07) is 12.8. The highest BCUT2D eigenvalue weighted by molar-refractivity contribution is 5.94. The highest BCUT2D eigenvalue weighted by Crippen LogP contribution is 2.33. The van der Waals surface area contributed by atoms with Crippen LogP contribution in [0, 0.1) is 0 Å². The molecule has 0 saturated carbocycles. The molecule has 32 heavy (non-hydrogen) atoms. The number of allylic oxidation sites excluding steroid dienone is 1. The van der Waals surface area contributed by atoms with Gasteiger partial charge >= 0.3 is 0 Å². The lowest BCUT2D eigenvalue weighted by molar-refractivity contribution is 0.0746. The number of aromatic nitrogens is 2. The first-order valence-electron chi connectivity index (χ1n) is 10.7.